The number of nitrogens with zero attached hydrogens (tertiary/aromatic N) is 4. The van der Waals surface area contributed by atoms with Crippen molar-refractivity contribution in [2.75, 3.05) is 0 Å². The number of rotatable bonds is 7. The maximum Gasteiger partial charge on any atom is 0.103 e. The molecule has 2 rings (SSSR count). The Kier molecular flexibility index (Phi) is 7.02. The second-order valence-corrected chi connectivity index (χ2v) is 6.70. The lowest BCUT2D eigenvalue weighted by Gasteiger charge is -2.15. The van der Waals surface area contributed by atoms with E-state index >= 15 is 0 Å². The predicted octanol–water partition coefficient (Wildman–Crippen LogP) is 4.74. The highest BCUT2D eigenvalue weighted by atomic mass is 35.5. The van der Waals surface area contributed by atoms with Gasteiger partial charge in [0.25, 0.3) is 0 Å². The van der Waals surface area contributed by atoms with Crippen LogP contribution < -0.4 is 5.32 Å². The van der Waals surface area contributed by atoms with Crippen molar-refractivity contribution in [3.8, 4) is 17.3 Å². The molecule has 26 heavy (non-hydrogen) atoms. The summed E-state index contributed by atoms with van der Waals surface area (Å²) in [6.07, 6.45) is 5.26. The fraction of sp³-hybridized carbons (Fsp3) is 0.211. The molecule has 0 aliphatic carbocycles. The minimum Gasteiger partial charge on any atom is -0.381 e. The zero-order chi connectivity index (χ0) is 19.1. The Morgan fingerprint density at radius 3 is 2.92 bits per heavy atom. The van der Waals surface area contributed by atoms with Gasteiger partial charge in [0.15, 0.2) is 0 Å². The van der Waals surface area contributed by atoms with Gasteiger partial charge in [0.1, 0.15) is 11.2 Å². The van der Waals surface area contributed by atoms with Crippen LogP contribution in [0.3, 0.4) is 0 Å². The van der Waals surface area contributed by atoms with E-state index in [0.29, 0.717) is 22.3 Å². The largest absolute Gasteiger partial charge is 0.381 e. The second kappa shape index (κ2) is 9.23. The quantitative estimate of drug-likeness (QED) is 0.551. The molecule has 0 saturated carbocycles. The van der Waals surface area contributed by atoms with E-state index in [-0.39, 0.29) is 6.04 Å². The number of benzene rings is 1. The van der Waals surface area contributed by atoms with Crippen LogP contribution in [0.1, 0.15) is 19.4 Å². The maximum absolute atomic E-state index is 8.95. The van der Waals surface area contributed by atoms with Crippen LogP contribution in [0.4, 0.5) is 0 Å². The SMILES string of the molecule is C=C(/C=C\N=C(/C)Cl)N[C@@H](C)Cn1ccc(-c2ccc(C#N)c(Cl)c2)n1. The molecule has 1 aromatic heterocycles. The third-order valence-electron chi connectivity index (χ3n) is 3.45. The molecule has 0 spiro atoms. The number of nitrogens with one attached hydrogen (secondary N) is 1. The molecule has 1 N–H and O–H groups in total. The highest BCUT2D eigenvalue weighted by Gasteiger charge is 2.08. The molecular formula is C19H19Cl2N5. The van der Waals surface area contributed by atoms with Crippen molar-refractivity contribution in [1.29, 1.82) is 5.26 Å². The minimum absolute atomic E-state index is 0.116. The summed E-state index contributed by atoms with van der Waals surface area (Å²) in [5.74, 6) is 0. The van der Waals surface area contributed by atoms with Gasteiger partial charge in [0.05, 0.1) is 22.8 Å². The van der Waals surface area contributed by atoms with Gasteiger partial charge in [-0.3, -0.25) is 4.68 Å². The van der Waals surface area contributed by atoms with Crippen LogP contribution in [0.5, 0.6) is 0 Å². The molecule has 0 bridgehead atoms. The predicted molar refractivity (Wildman–Crippen MR) is 107 cm³/mol. The molecule has 0 aliphatic heterocycles. The van der Waals surface area contributed by atoms with Crippen LogP contribution >= 0.6 is 23.2 Å². The lowest BCUT2D eigenvalue weighted by molar-refractivity contribution is 0.489. The molecular weight excluding hydrogens is 369 g/mol. The molecule has 1 atom stereocenters. The summed E-state index contributed by atoms with van der Waals surface area (Å²) in [4.78, 5) is 3.96. The molecule has 5 nitrogen and oxygen atoms in total. The molecule has 1 heterocycles. The van der Waals surface area contributed by atoms with Crippen molar-refractivity contribution < 1.29 is 0 Å². The third-order valence-corrected chi connectivity index (χ3v) is 3.86. The van der Waals surface area contributed by atoms with Crippen LogP contribution in [-0.4, -0.2) is 21.0 Å². The zero-order valence-corrected chi connectivity index (χ0v) is 16.1. The fourth-order valence-electron chi connectivity index (χ4n) is 2.30. The first-order chi connectivity index (χ1) is 12.4. The topological polar surface area (TPSA) is 66.0 Å². The van der Waals surface area contributed by atoms with Gasteiger partial charge in [-0.15, -0.1) is 0 Å². The Balaban J connectivity index is 1.98. The van der Waals surface area contributed by atoms with E-state index in [1.807, 2.05) is 36.0 Å². The average Bonchev–Trinajstić information content (AvgIpc) is 3.02. The Hall–Kier alpha value is -2.55. The number of aromatic nitrogens is 2. The lowest BCUT2D eigenvalue weighted by atomic mass is 10.1. The van der Waals surface area contributed by atoms with Gasteiger partial charge in [0, 0.05) is 29.7 Å². The Bertz CT molecular complexity index is 886. The summed E-state index contributed by atoms with van der Waals surface area (Å²) in [6, 6.07) is 9.36. The van der Waals surface area contributed by atoms with E-state index < -0.39 is 0 Å². The zero-order valence-electron chi connectivity index (χ0n) is 14.6. The lowest BCUT2D eigenvalue weighted by Crippen LogP contribution is -2.29. The van der Waals surface area contributed by atoms with Crippen molar-refractivity contribution >= 4 is 28.4 Å². The molecule has 0 saturated heterocycles. The van der Waals surface area contributed by atoms with Gasteiger partial charge in [0.2, 0.25) is 0 Å². The van der Waals surface area contributed by atoms with E-state index in [0.717, 1.165) is 17.0 Å². The van der Waals surface area contributed by atoms with Crippen molar-refractivity contribution in [3.05, 3.63) is 65.6 Å². The summed E-state index contributed by atoms with van der Waals surface area (Å²) in [5, 5.41) is 17.7. The molecule has 0 fully saturated rings. The first-order valence-corrected chi connectivity index (χ1v) is 8.70. The van der Waals surface area contributed by atoms with Crippen LogP contribution in [0.15, 0.2) is 60.0 Å². The van der Waals surface area contributed by atoms with Crippen molar-refractivity contribution in [1.82, 2.24) is 15.1 Å². The van der Waals surface area contributed by atoms with Gasteiger partial charge in [-0.2, -0.15) is 10.4 Å². The highest BCUT2D eigenvalue weighted by Crippen LogP contribution is 2.24. The second-order valence-electron chi connectivity index (χ2n) is 5.74. The average molecular weight is 388 g/mol. The van der Waals surface area contributed by atoms with E-state index in [4.69, 9.17) is 28.5 Å². The molecule has 134 valence electrons. The molecule has 0 radical (unpaired) electrons. The smallest absolute Gasteiger partial charge is 0.103 e. The number of hydrogen-bond donors (Lipinski definition) is 1. The summed E-state index contributed by atoms with van der Waals surface area (Å²) in [6.45, 7) is 8.34. The van der Waals surface area contributed by atoms with E-state index in [9.17, 15) is 0 Å². The minimum atomic E-state index is 0.116. The standard InChI is InChI=1S/C19H19Cl2N5/c1-13(6-8-23-15(3)20)24-14(2)12-26-9-7-19(25-26)16-4-5-17(11-22)18(21)10-16/h4-10,14,24H,1,12H2,2-3H3/b8-6-,23-15+/t14-/m0/s1. The normalized spacial score (nSPS) is 12.8. The van der Waals surface area contributed by atoms with Gasteiger partial charge < -0.3 is 5.32 Å². The van der Waals surface area contributed by atoms with E-state index in [2.05, 4.69) is 22.0 Å². The van der Waals surface area contributed by atoms with E-state index in [1.165, 1.54) is 0 Å². The Morgan fingerprint density at radius 1 is 1.50 bits per heavy atom. The van der Waals surface area contributed by atoms with Gasteiger partial charge in [-0.05, 0) is 38.1 Å². The number of aliphatic imine (C=N–C) groups is 1. The molecule has 0 amide bonds. The molecule has 7 heteroatoms. The summed E-state index contributed by atoms with van der Waals surface area (Å²) in [5.41, 5.74) is 2.86. The fourth-order valence-corrected chi connectivity index (χ4v) is 2.58. The maximum atomic E-state index is 8.95. The van der Waals surface area contributed by atoms with Crippen LogP contribution in [0.2, 0.25) is 5.02 Å². The van der Waals surface area contributed by atoms with Gasteiger partial charge in [-0.25, -0.2) is 4.99 Å². The van der Waals surface area contributed by atoms with E-state index in [1.54, 1.807) is 31.3 Å². The van der Waals surface area contributed by atoms with Crippen LogP contribution in [0, 0.1) is 11.3 Å². The molecule has 0 unspecified atom stereocenters. The van der Waals surface area contributed by atoms with Crippen molar-refractivity contribution in [3.63, 3.8) is 0 Å². The molecule has 0 aliphatic rings. The van der Waals surface area contributed by atoms with Crippen LogP contribution in [-0.2, 0) is 6.54 Å². The van der Waals surface area contributed by atoms with Gasteiger partial charge in [-0.1, -0.05) is 35.8 Å². The summed E-state index contributed by atoms with van der Waals surface area (Å²) < 4.78 is 1.84. The Morgan fingerprint density at radius 2 is 2.27 bits per heavy atom. The van der Waals surface area contributed by atoms with Crippen LogP contribution in [0.25, 0.3) is 11.3 Å². The first kappa shape index (κ1) is 19.8. The highest BCUT2D eigenvalue weighted by molar-refractivity contribution is 6.64. The molecule has 2 aromatic rings. The van der Waals surface area contributed by atoms with Crippen molar-refractivity contribution in [2.45, 2.75) is 26.4 Å². The van der Waals surface area contributed by atoms with Gasteiger partial charge >= 0.3 is 0 Å². The number of nitriles is 1. The summed E-state index contributed by atoms with van der Waals surface area (Å²) in [7, 11) is 0. The van der Waals surface area contributed by atoms with Crippen molar-refractivity contribution in [2.24, 2.45) is 4.99 Å². The summed E-state index contributed by atoms with van der Waals surface area (Å²) >= 11 is 11.8. The third kappa shape index (κ3) is 5.76. The first-order valence-electron chi connectivity index (χ1n) is 7.94. The monoisotopic (exact) mass is 387 g/mol. The molecule has 1 aromatic carbocycles. The number of hydrogen-bond acceptors (Lipinski definition) is 4. The number of halogens is 2. The Labute approximate surface area is 163 Å². The number of allylic oxidation sites excluding steroid dienone is 1.